The molecule has 1 saturated carbocycles. The van der Waals surface area contributed by atoms with Crippen molar-refractivity contribution in [3.8, 4) is 0 Å². The van der Waals surface area contributed by atoms with Crippen molar-refractivity contribution < 1.29 is 5.11 Å². The number of rotatable bonds is 1. The average Bonchev–Trinajstić information content (AvgIpc) is 2.26. The number of hydrogen-bond acceptors (Lipinski definition) is 3. The Hall–Kier alpha value is -0.120. The summed E-state index contributed by atoms with van der Waals surface area (Å²) in [6.07, 6.45) is 7.26. The van der Waals surface area contributed by atoms with E-state index in [0.29, 0.717) is 12.1 Å². The van der Waals surface area contributed by atoms with E-state index in [4.69, 9.17) is 0 Å². The van der Waals surface area contributed by atoms with Gasteiger partial charge in [-0.25, -0.2) is 0 Å². The minimum absolute atomic E-state index is 0.0962. The molecule has 2 aliphatic rings. The van der Waals surface area contributed by atoms with Crippen molar-refractivity contribution >= 4 is 0 Å². The molecule has 100 valence electrons. The van der Waals surface area contributed by atoms with Crippen LogP contribution in [0.2, 0.25) is 0 Å². The molecule has 3 atom stereocenters. The molecule has 1 aliphatic heterocycles. The van der Waals surface area contributed by atoms with Crippen LogP contribution >= 0.6 is 0 Å². The van der Waals surface area contributed by atoms with Crippen molar-refractivity contribution in [1.29, 1.82) is 0 Å². The van der Waals surface area contributed by atoms with Crippen molar-refractivity contribution in [3.63, 3.8) is 0 Å². The lowest BCUT2D eigenvalue weighted by atomic mass is 9.92. The topological polar surface area (TPSA) is 26.7 Å². The van der Waals surface area contributed by atoms with E-state index in [-0.39, 0.29) is 6.10 Å². The number of likely N-dealkylation sites (N-methyl/N-ethyl adjacent to an activating group) is 1. The van der Waals surface area contributed by atoms with Crippen molar-refractivity contribution in [2.24, 2.45) is 0 Å². The molecule has 0 bridgehead atoms. The molecule has 1 saturated heterocycles. The first-order valence-corrected chi connectivity index (χ1v) is 7.31. The highest BCUT2D eigenvalue weighted by Crippen LogP contribution is 2.24. The minimum Gasteiger partial charge on any atom is -0.391 e. The SMILES string of the molecule is CC1CN(C)CCN1C1CCCCCCC1O. The van der Waals surface area contributed by atoms with Gasteiger partial charge < -0.3 is 10.0 Å². The van der Waals surface area contributed by atoms with Gasteiger partial charge in [-0.2, -0.15) is 0 Å². The third-order valence-corrected chi connectivity index (χ3v) is 4.50. The number of aliphatic hydroxyl groups is 1. The number of hydrogen-bond donors (Lipinski definition) is 1. The summed E-state index contributed by atoms with van der Waals surface area (Å²) in [6, 6.07) is 1.01. The van der Waals surface area contributed by atoms with E-state index in [1.54, 1.807) is 0 Å². The normalized spacial score (nSPS) is 38.6. The molecule has 0 spiro atoms. The zero-order chi connectivity index (χ0) is 12.3. The maximum Gasteiger partial charge on any atom is 0.0695 e. The summed E-state index contributed by atoms with van der Waals surface area (Å²) in [4.78, 5) is 4.96. The smallest absolute Gasteiger partial charge is 0.0695 e. The molecule has 0 amide bonds. The molecule has 1 heterocycles. The second kappa shape index (κ2) is 6.17. The molecule has 3 nitrogen and oxygen atoms in total. The highest BCUT2D eigenvalue weighted by molar-refractivity contribution is 4.87. The summed E-state index contributed by atoms with van der Waals surface area (Å²) in [5, 5.41) is 10.4. The van der Waals surface area contributed by atoms with Gasteiger partial charge in [0.1, 0.15) is 0 Å². The zero-order valence-corrected chi connectivity index (χ0v) is 11.4. The van der Waals surface area contributed by atoms with Gasteiger partial charge in [-0.15, -0.1) is 0 Å². The molecule has 0 aromatic rings. The van der Waals surface area contributed by atoms with Gasteiger partial charge in [0.15, 0.2) is 0 Å². The van der Waals surface area contributed by atoms with Gasteiger partial charge in [-0.05, 0) is 26.8 Å². The average molecular weight is 240 g/mol. The molecule has 3 unspecified atom stereocenters. The fourth-order valence-corrected chi connectivity index (χ4v) is 3.48. The molecule has 0 aromatic carbocycles. The van der Waals surface area contributed by atoms with Crippen LogP contribution in [0.25, 0.3) is 0 Å². The summed E-state index contributed by atoms with van der Waals surface area (Å²) < 4.78 is 0. The number of nitrogens with zero attached hydrogens (tertiary/aromatic N) is 2. The third-order valence-electron chi connectivity index (χ3n) is 4.50. The lowest BCUT2D eigenvalue weighted by Crippen LogP contribution is -2.57. The quantitative estimate of drug-likeness (QED) is 0.756. The van der Waals surface area contributed by atoms with Crippen LogP contribution in [-0.2, 0) is 0 Å². The van der Waals surface area contributed by atoms with Gasteiger partial charge in [-0.3, -0.25) is 4.90 Å². The molecule has 2 rings (SSSR count). The van der Waals surface area contributed by atoms with E-state index in [2.05, 4.69) is 23.8 Å². The van der Waals surface area contributed by atoms with Crippen molar-refractivity contribution in [3.05, 3.63) is 0 Å². The molecule has 2 fully saturated rings. The van der Waals surface area contributed by atoms with Gasteiger partial charge in [-0.1, -0.05) is 25.7 Å². The first-order valence-electron chi connectivity index (χ1n) is 7.31. The zero-order valence-electron chi connectivity index (χ0n) is 11.4. The summed E-state index contributed by atoms with van der Waals surface area (Å²) in [7, 11) is 2.20. The van der Waals surface area contributed by atoms with Crippen LogP contribution in [0.5, 0.6) is 0 Å². The molecule has 1 N–H and O–H groups in total. The van der Waals surface area contributed by atoms with E-state index < -0.39 is 0 Å². The number of aliphatic hydroxyl groups excluding tert-OH is 1. The fraction of sp³-hybridized carbons (Fsp3) is 1.00. The molecule has 17 heavy (non-hydrogen) atoms. The highest BCUT2D eigenvalue weighted by Gasteiger charge is 2.32. The van der Waals surface area contributed by atoms with Gasteiger partial charge in [0.05, 0.1) is 6.10 Å². The Morgan fingerprint density at radius 3 is 2.41 bits per heavy atom. The predicted octanol–water partition coefficient (Wildman–Crippen LogP) is 1.71. The second-order valence-electron chi connectivity index (χ2n) is 5.98. The van der Waals surface area contributed by atoms with E-state index in [9.17, 15) is 5.11 Å². The van der Waals surface area contributed by atoms with E-state index in [0.717, 1.165) is 26.1 Å². The summed E-state index contributed by atoms with van der Waals surface area (Å²) >= 11 is 0. The van der Waals surface area contributed by atoms with E-state index in [1.807, 2.05) is 0 Å². The summed E-state index contributed by atoms with van der Waals surface area (Å²) in [5.41, 5.74) is 0. The van der Waals surface area contributed by atoms with E-state index in [1.165, 1.54) is 32.1 Å². The summed E-state index contributed by atoms with van der Waals surface area (Å²) in [5.74, 6) is 0. The lowest BCUT2D eigenvalue weighted by molar-refractivity contribution is -0.0162. The molecular formula is C14H28N2O. The molecule has 0 aromatic heterocycles. The first kappa shape index (κ1) is 13.3. The van der Waals surface area contributed by atoms with Crippen LogP contribution in [0.3, 0.4) is 0 Å². The molecule has 3 heteroatoms. The van der Waals surface area contributed by atoms with Crippen LogP contribution < -0.4 is 0 Å². The van der Waals surface area contributed by atoms with Crippen LogP contribution in [0.1, 0.15) is 45.4 Å². The first-order chi connectivity index (χ1) is 8.18. The standard InChI is InChI=1S/C14H28N2O/c1-12-11-15(2)9-10-16(12)13-7-5-3-4-6-8-14(13)17/h12-14,17H,3-11H2,1-2H3. The Kier molecular flexibility index (Phi) is 4.83. The maximum atomic E-state index is 10.4. The fourth-order valence-electron chi connectivity index (χ4n) is 3.48. The Morgan fingerprint density at radius 2 is 1.71 bits per heavy atom. The van der Waals surface area contributed by atoms with Gasteiger partial charge in [0.25, 0.3) is 0 Å². The molecular weight excluding hydrogens is 212 g/mol. The van der Waals surface area contributed by atoms with E-state index >= 15 is 0 Å². The Balaban J connectivity index is 1.97. The predicted molar refractivity (Wildman–Crippen MR) is 71.2 cm³/mol. The third kappa shape index (κ3) is 3.43. The van der Waals surface area contributed by atoms with Crippen LogP contribution in [-0.4, -0.2) is 59.8 Å². The van der Waals surface area contributed by atoms with Crippen LogP contribution in [0.4, 0.5) is 0 Å². The van der Waals surface area contributed by atoms with Crippen LogP contribution in [0.15, 0.2) is 0 Å². The lowest BCUT2D eigenvalue weighted by Gasteiger charge is -2.45. The second-order valence-corrected chi connectivity index (χ2v) is 5.98. The van der Waals surface area contributed by atoms with Crippen LogP contribution in [0, 0.1) is 0 Å². The highest BCUT2D eigenvalue weighted by atomic mass is 16.3. The van der Waals surface area contributed by atoms with Crippen molar-refractivity contribution in [2.45, 2.75) is 63.6 Å². The van der Waals surface area contributed by atoms with Crippen molar-refractivity contribution in [2.75, 3.05) is 26.7 Å². The minimum atomic E-state index is -0.0962. The summed E-state index contributed by atoms with van der Waals surface area (Å²) in [6.45, 7) is 5.72. The van der Waals surface area contributed by atoms with Gasteiger partial charge in [0, 0.05) is 31.7 Å². The molecule has 1 aliphatic carbocycles. The maximum absolute atomic E-state index is 10.4. The van der Waals surface area contributed by atoms with Crippen molar-refractivity contribution in [1.82, 2.24) is 9.80 Å². The van der Waals surface area contributed by atoms with Gasteiger partial charge in [0.2, 0.25) is 0 Å². The monoisotopic (exact) mass is 240 g/mol. The molecule has 0 radical (unpaired) electrons. The Morgan fingerprint density at radius 1 is 1.00 bits per heavy atom. The van der Waals surface area contributed by atoms with Gasteiger partial charge >= 0.3 is 0 Å². The largest absolute Gasteiger partial charge is 0.391 e. The Labute approximate surface area is 106 Å². The number of piperazine rings is 1. The Bertz CT molecular complexity index is 234.